The van der Waals surface area contributed by atoms with Gasteiger partial charge in [0.2, 0.25) is 0 Å². The van der Waals surface area contributed by atoms with Gasteiger partial charge >= 0.3 is 27.3 Å². The van der Waals surface area contributed by atoms with Crippen molar-refractivity contribution in [1.82, 2.24) is 0 Å². The highest BCUT2D eigenvalue weighted by atomic mass is 127. The molecule has 3 rings (SSSR count). The lowest BCUT2D eigenvalue weighted by Crippen LogP contribution is -2.44. The van der Waals surface area contributed by atoms with Crippen molar-refractivity contribution in [2.75, 3.05) is 6.61 Å². The molecule has 2 saturated carbocycles. The third-order valence-corrected chi connectivity index (χ3v) is 9.32. The van der Waals surface area contributed by atoms with Crippen molar-refractivity contribution in [2.45, 2.75) is 43.8 Å². The van der Waals surface area contributed by atoms with E-state index in [2.05, 4.69) is 72.5 Å². The molecule has 0 amide bonds. The number of benzene rings is 1. The Morgan fingerprint density at radius 2 is 1.45 bits per heavy atom. The number of alkyl halides is 2. The summed E-state index contributed by atoms with van der Waals surface area (Å²) >= 11 is 6.42. The first-order valence-electron chi connectivity index (χ1n) is 10.2. The third kappa shape index (κ3) is 6.47. The number of ether oxygens (including phenoxy) is 2. The van der Waals surface area contributed by atoms with Gasteiger partial charge < -0.3 is 9.47 Å². The number of esters is 2. The minimum Gasteiger partial charge on any atom is -0.458 e. The molecule has 2 aliphatic carbocycles. The molecule has 0 heterocycles. The Morgan fingerprint density at radius 3 is 1.94 bits per heavy atom. The van der Waals surface area contributed by atoms with Crippen LogP contribution in [-0.2, 0) is 24.4 Å². The first-order chi connectivity index (χ1) is 15.3. The van der Waals surface area contributed by atoms with Gasteiger partial charge in [0, 0.05) is 3.57 Å². The first kappa shape index (κ1) is 27.7. The Morgan fingerprint density at radius 1 is 0.970 bits per heavy atom. The van der Waals surface area contributed by atoms with Crippen LogP contribution in [0.2, 0.25) is 0 Å². The molecule has 1 aromatic carbocycles. The van der Waals surface area contributed by atoms with Gasteiger partial charge in [0.1, 0.15) is 0 Å². The van der Waals surface area contributed by atoms with E-state index in [9.17, 15) is 26.8 Å². The largest absolute Gasteiger partial charge is 0.458 e. The van der Waals surface area contributed by atoms with Crippen molar-refractivity contribution < 1.29 is 40.8 Å². The lowest BCUT2D eigenvalue weighted by atomic mass is 9.61. The maximum atomic E-state index is 13.5. The molecule has 4 unspecified atom stereocenters. The summed E-state index contributed by atoms with van der Waals surface area (Å²) in [4.78, 5) is 25.7. The first-order valence-corrected chi connectivity index (χ1v) is 14.9. The van der Waals surface area contributed by atoms with Crippen molar-refractivity contribution >= 4 is 89.8 Å². The van der Waals surface area contributed by atoms with Crippen LogP contribution in [0.4, 0.5) is 8.78 Å². The molecule has 1 N–H and O–H groups in total. The van der Waals surface area contributed by atoms with E-state index in [0.717, 1.165) is 10.7 Å². The smallest absolute Gasteiger partial charge is 0.402 e. The SMILES string of the molecule is O=C(OCC(F)(F)S(=O)(=O)O)C1CCCC2C(C(=O)Oc3c(I)cc(I)cc3I)CCCC12. The molecule has 0 bridgehead atoms. The van der Waals surface area contributed by atoms with E-state index >= 15 is 0 Å². The molecule has 0 spiro atoms. The summed E-state index contributed by atoms with van der Waals surface area (Å²) in [5, 5.41) is -4.57. The van der Waals surface area contributed by atoms with Gasteiger partial charge in [-0.2, -0.15) is 17.2 Å². The predicted molar refractivity (Wildman–Crippen MR) is 139 cm³/mol. The minimum absolute atomic E-state index is 0.154. The van der Waals surface area contributed by atoms with E-state index in [1.807, 2.05) is 12.1 Å². The van der Waals surface area contributed by atoms with Gasteiger partial charge in [-0.05, 0) is 117 Å². The van der Waals surface area contributed by atoms with Crippen molar-refractivity contribution in [3.63, 3.8) is 0 Å². The van der Waals surface area contributed by atoms with Crippen LogP contribution < -0.4 is 4.74 Å². The Balaban J connectivity index is 1.71. The molecule has 7 nitrogen and oxygen atoms in total. The van der Waals surface area contributed by atoms with Crippen LogP contribution in [0.15, 0.2) is 12.1 Å². The number of halogens is 5. The Bertz CT molecular complexity index is 1010. The second-order valence-electron chi connectivity index (χ2n) is 8.24. The number of carbonyl (C=O) groups is 2. The molecular weight excluding hydrogens is 803 g/mol. The Kier molecular flexibility index (Phi) is 9.25. The highest BCUT2D eigenvalue weighted by molar-refractivity contribution is 14.1. The van der Waals surface area contributed by atoms with E-state index in [-0.39, 0.29) is 17.8 Å². The van der Waals surface area contributed by atoms with Gasteiger partial charge in [-0.25, -0.2) is 0 Å². The van der Waals surface area contributed by atoms with Crippen LogP contribution in [0, 0.1) is 34.4 Å². The summed E-state index contributed by atoms with van der Waals surface area (Å²) in [6.07, 6.45) is 3.65. The molecule has 2 fully saturated rings. The van der Waals surface area contributed by atoms with Gasteiger partial charge in [0.15, 0.2) is 12.4 Å². The van der Waals surface area contributed by atoms with Crippen LogP contribution in [-0.4, -0.2) is 36.8 Å². The zero-order valence-corrected chi connectivity index (χ0v) is 24.4. The summed E-state index contributed by atoms with van der Waals surface area (Å²) in [6.45, 7) is -1.74. The lowest BCUT2D eigenvalue weighted by molar-refractivity contribution is -0.162. The molecule has 0 saturated heterocycles. The number of carbonyl (C=O) groups excluding carboxylic acids is 2. The third-order valence-electron chi connectivity index (χ3n) is 6.22. The van der Waals surface area contributed by atoms with E-state index in [4.69, 9.17) is 9.29 Å². The quantitative estimate of drug-likeness (QED) is 0.181. The normalized spacial score (nSPS) is 25.8. The molecular formula is C20H21F2I3O7S. The second kappa shape index (κ2) is 11.0. The van der Waals surface area contributed by atoms with E-state index in [1.54, 1.807) is 0 Å². The number of fused-ring (bicyclic) bond motifs is 1. The standard InChI is InChI=1S/C20H21F2I3O7S/c21-20(22,33(28,29)30)9-31-18(26)13-5-1-4-12-11(13)3-2-6-14(12)19(27)32-17-15(24)7-10(23)8-16(17)25/h7-8,11-14H,1-6,9H2,(H,28,29,30). The molecule has 2 aliphatic rings. The van der Waals surface area contributed by atoms with Crippen LogP contribution in [0.3, 0.4) is 0 Å². The maximum absolute atomic E-state index is 13.5. The summed E-state index contributed by atoms with van der Waals surface area (Å²) in [5.74, 6) is -2.33. The van der Waals surface area contributed by atoms with E-state index < -0.39 is 39.8 Å². The zero-order chi connectivity index (χ0) is 24.6. The fourth-order valence-electron chi connectivity index (χ4n) is 4.73. The number of hydrogen-bond donors (Lipinski definition) is 1. The fourth-order valence-corrected chi connectivity index (χ4v) is 8.74. The fraction of sp³-hybridized carbons (Fsp3) is 0.600. The average Bonchev–Trinajstić information content (AvgIpc) is 2.72. The number of rotatable bonds is 6. The van der Waals surface area contributed by atoms with Gasteiger partial charge in [0.05, 0.1) is 19.0 Å². The average molecular weight is 824 g/mol. The van der Waals surface area contributed by atoms with Crippen molar-refractivity contribution in [2.24, 2.45) is 23.7 Å². The molecule has 4 atom stereocenters. The highest BCUT2D eigenvalue weighted by Gasteiger charge is 2.49. The highest BCUT2D eigenvalue weighted by Crippen LogP contribution is 2.48. The molecule has 0 aromatic heterocycles. The van der Waals surface area contributed by atoms with Gasteiger partial charge in [-0.1, -0.05) is 12.8 Å². The van der Waals surface area contributed by atoms with Gasteiger partial charge in [-0.15, -0.1) is 0 Å². The van der Waals surface area contributed by atoms with Gasteiger partial charge in [-0.3, -0.25) is 14.1 Å². The van der Waals surface area contributed by atoms with E-state index in [0.29, 0.717) is 44.3 Å². The summed E-state index contributed by atoms with van der Waals surface area (Å²) in [5.41, 5.74) is 0. The molecule has 0 radical (unpaired) electrons. The monoisotopic (exact) mass is 824 g/mol. The topological polar surface area (TPSA) is 107 Å². The molecule has 184 valence electrons. The Labute approximate surface area is 231 Å². The van der Waals surface area contributed by atoms with Crippen molar-refractivity contribution in [1.29, 1.82) is 0 Å². The van der Waals surface area contributed by atoms with Crippen LogP contribution in [0.5, 0.6) is 5.75 Å². The lowest BCUT2D eigenvalue weighted by Gasteiger charge is -2.43. The minimum atomic E-state index is -5.69. The van der Waals surface area contributed by atoms with Gasteiger partial charge in [0.25, 0.3) is 0 Å². The second-order valence-corrected chi connectivity index (χ2v) is 13.4. The van der Waals surface area contributed by atoms with E-state index in [1.165, 1.54) is 0 Å². The zero-order valence-electron chi connectivity index (χ0n) is 17.1. The molecule has 33 heavy (non-hydrogen) atoms. The molecule has 0 aliphatic heterocycles. The summed E-state index contributed by atoms with van der Waals surface area (Å²) in [6, 6.07) is 3.81. The van der Waals surface area contributed by atoms with Crippen molar-refractivity contribution in [3.05, 3.63) is 22.8 Å². The van der Waals surface area contributed by atoms with Crippen LogP contribution in [0.1, 0.15) is 38.5 Å². The van der Waals surface area contributed by atoms with Crippen LogP contribution >= 0.6 is 67.8 Å². The molecule has 13 heteroatoms. The Hall–Kier alpha value is 0.120. The summed E-state index contributed by atoms with van der Waals surface area (Å²) < 4.78 is 70.1. The number of hydrogen-bond acceptors (Lipinski definition) is 6. The predicted octanol–water partition coefficient (Wildman–Crippen LogP) is 5.26. The maximum Gasteiger partial charge on any atom is 0.402 e. The molecule has 1 aromatic rings. The van der Waals surface area contributed by atoms with Crippen molar-refractivity contribution in [3.8, 4) is 5.75 Å². The van der Waals surface area contributed by atoms with Crippen LogP contribution in [0.25, 0.3) is 0 Å². The summed E-state index contributed by atoms with van der Waals surface area (Å²) in [7, 11) is -5.69.